The number of rotatable bonds is 5. The van der Waals surface area contributed by atoms with Crippen LogP contribution in [-0.2, 0) is 6.42 Å². The van der Waals surface area contributed by atoms with Crippen molar-refractivity contribution >= 4 is 11.3 Å². The second-order valence-corrected chi connectivity index (χ2v) is 4.31. The summed E-state index contributed by atoms with van der Waals surface area (Å²) in [5, 5.41) is 6.40. The molecule has 0 radical (unpaired) electrons. The predicted molar refractivity (Wildman–Crippen MR) is 64.1 cm³/mol. The van der Waals surface area contributed by atoms with E-state index < -0.39 is 0 Å². The van der Waals surface area contributed by atoms with Crippen LogP contribution in [0.15, 0.2) is 23.8 Å². The number of nitrogens with zero attached hydrogens (tertiary/aromatic N) is 1. The molecule has 2 aromatic heterocycles. The summed E-state index contributed by atoms with van der Waals surface area (Å²) in [7, 11) is 1.98. The molecule has 0 saturated carbocycles. The van der Waals surface area contributed by atoms with Crippen LogP contribution in [0.1, 0.15) is 12.1 Å². The number of nitrogens with one attached hydrogen (secondary N) is 2. The van der Waals surface area contributed by atoms with Gasteiger partial charge in [0.1, 0.15) is 5.01 Å². The summed E-state index contributed by atoms with van der Waals surface area (Å²) in [5.74, 6) is 0. The van der Waals surface area contributed by atoms with Gasteiger partial charge in [0.2, 0.25) is 0 Å². The molecule has 0 saturated heterocycles. The van der Waals surface area contributed by atoms with E-state index in [0.717, 1.165) is 24.4 Å². The molecule has 80 valence electrons. The monoisotopic (exact) mass is 221 g/mol. The molecule has 0 spiro atoms. The van der Waals surface area contributed by atoms with E-state index in [1.165, 1.54) is 11.3 Å². The average molecular weight is 221 g/mol. The Morgan fingerprint density at radius 1 is 1.53 bits per heavy atom. The van der Waals surface area contributed by atoms with Gasteiger partial charge in [-0.2, -0.15) is 0 Å². The number of hydrogen-bond acceptors (Lipinski definition) is 3. The lowest BCUT2D eigenvalue weighted by Gasteiger charge is -1.95. The summed E-state index contributed by atoms with van der Waals surface area (Å²) >= 11 is 1.71. The molecule has 4 heteroatoms. The van der Waals surface area contributed by atoms with Crippen molar-refractivity contribution in [3.63, 3.8) is 0 Å². The van der Waals surface area contributed by atoms with Crippen LogP contribution >= 0.6 is 11.3 Å². The summed E-state index contributed by atoms with van der Waals surface area (Å²) in [5.41, 5.74) is 2.38. The Hall–Kier alpha value is -1.13. The maximum atomic E-state index is 4.60. The average Bonchev–Trinajstić information content (AvgIpc) is 2.87. The van der Waals surface area contributed by atoms with E-state index in [4.69, 9.17) is 0 Å². The molecule has 0 unspecified atom stereocenters. The topological polar surface area (TPSA) is 40.7 Å². The fourth-order valence-corrected chi connectivity index (χ4v) is 2.31. The van der Waals surface area contributed by atoms with E-state index in [2.05, 4.69) is 26.7 Å². The third-order valence-corrected chi connectivity index (χ3v) is 3.20. The highest BCUT2D eigenvalue weighted by Gasteiger charge is 2.04. The van der Waals surface area contributed by atoms with Gasteiger partial charge in [0.05, 0.1) is 5.69 Å². The number of aromatic amines is 1. The maximum Gasteiger partial charge on any atom is 0.125 e. The summed E-state index contributed by atoms with van der Waals surface area (Å²) in [6.45, 7) is 1.05. The third-order valence-electron chi connectivity index (χ3n) is 2.26. The molecule has 2 rings (SSSR count). The van der Waals surface area contributed by atoms with Gasteiger partial charge in [-0.05, 0) is 32.5 Å². The molecule has 0 aromatic carbocycles. The lowest BCUT2D eigenvalue weighted by Crippen LogP contribution is -2.08. The molecule has 0 fully saturated rings. The van der Waals surface area contributed by atoms with Crippen molar-refractivity contribution < 1.29 is 0 Å². The van der Waals surface area contributed by atoms with Crippen molar-refractivity contribution in [3.8, 4) is 10.6 Å². The Balaban J connectivity index is 1.98. The van der Waals surface area contributed by atoms with Crippen LogP contribution in [0.2, 0.25) is 0 Å². The minimum Gasteiger partial charge on any atom is -0.367 e. The summed E-state index contributed by atoms with van der Waals surface area (Å²) < 4.78 is 0. The Labute approximate surface area is 93.6 Å². The molecule has 0 aliphatic carbocycles. The molecule has 0 amide bonds. The van der Waals surface area contributed by atoms with Crippen molar-refractivity contribution in [2.75, 3.05) is 13.6 Å². The standard InChI is InChI=1S/C11H15N3S/c1-12-5-2-3-10-8-15-11(14-10)9-4-6-13-7-9/h4,6-8,12-13H,2-3,5H2,1H3. The van der Waals surface area contributed by atoms with E-state index in [1.807, 2.05) is 19.4 Å². The zero-order valence-corrected chi connectivity index (χ0v) is 9.60. The van der Waals surface area contributed by atoms with E-state index in [9.17, 15) is 0 Å². The van der Waals surface area contributed by atoms with Gasteiger partial charge in [0.25, 0.3) is 0 Å². The van der Waals surface area contributed by atoms with E-state index in [-0.39, 0.29) is 0 Å². The van der Waals surface area contributed by atoms with Crippen LogP contribution in [0.3, 0.4) is 0 Å². The van der Waals surface area contributed by atoms with Gasteiger partial charge >= 0.3 is 0 Å². The molecule has 0 aliphatic heterocycles. The largest absolute Gasteiger partial charge is 0.367 e. The second kappa shape index (κ2) is 5.09. The minimum absolute atomic E-state index is 1.05. The number of thiazole rings is 1. The fourth-order valence-electron chi connectivity index (χ4n) is 1.46. The minimum atomic E-state index is 1.05. The lowest BCUT2D eigenvalue weighted by molar-refractivity contribution is 0.718. The van der Waals surface area contributed by atoms with Crippen LogP contribution in [0, 0.1) is 0 Å². The number of aryl methyl sites for hydroxylation is 1. The first kappa shape index (κ1) is 10.4. The molecule has 2 heterocycles. The highest BCUT2D eigenvalue weighted by molar-refractivity contribution is 7.13. The molecule has 2 aromatic rings. The van der Waals surface area contributed by atoms with Crippen LogP contribution in [0.5, 0.6) is 0 Å². The van der Waals surface area contributed by atoms with Crippen molar-refractivity contribution in [1.29, 1.82) is 0 Å². The number of hydrogen-bond donors (Lipinski definition) is 2. The van der Waals surface area contributed by atoms with Gasteiger partial charge < -0.3 is 10.3 Å². The summed E-state index contributed by atoms with van der Waals surface area (Å²) in [6, 6.07) is 2.05. The smallest absolute Gasteiger partial charge is 0.125 e. The molecule has 0 aliphatic rings. The third kappa shape index (κ3) is 2.67. The highest BCUT2D eigenvalue weighted by Crippen LogP contribution is 2.23. The normalized spacial score (nSPS) is 10.7. The van der Waals surface area contributed by atoms with E-state index in [1.54, 1.807) is 11.3 Å². The molecule has 15 heavy (non-hydrogen) atoms. The van der Waals surface area contributed by atoms with Crippen LogP contribution in [0.4, 0.5) is 0 Å². The zero-order chi connectivity index (χ0) is 10.5. The quantitative estimate of drug-likeness (QED) is 0.761. The van der Waals surface area contributed by atoms with E-state index in [0.29, 0.717) is 0 Å². The van der Waals surface area contributed by atoms with Gasteiger partial charge in [-0.25, -0.2) is 4.98 Å². The molecule has 2 N–H and O–H groups in total. The van der Waals surface area contributed by atoms with Crippen LogP contribution < -0.4 is 5.32 Å². The van der Waals surface area contributed by atoms with Crippen molar-refractivity contribution in [1.82, 2.24) is 15.3 Å². The molecular weight excluding hydrogens is 206 g/mol. The summed E-state index contributed by atoms with van der Waals surface area (Å²) in [4.78, 5) is 7.64. The summed E-state index contributed by atoms with van der Waals surface area (Å²) in [6.07, 6.45) is 6.11. The zero-order valence-electron chi connectivity index (χ0n) is 8.79. The number of aromatic nitrogens is 2. The molecule has 0 atom stereocenters. The highest BCUT2D eigenvalue weighted by atomic mass is 32.1. The SMILES string of the molecule is CNCCCc1csc(-c2cc[nH]c2)n1. The fraction of sp³-hybridized carbons (Fsp3) is 0.364. The van der Waals surface area contributed by atoms with Crippen molar-refractivity contribution in [3.05, 3.63) is 29.5 Å². The van der Waals surface area contributed by atoms with E-state index >= 15 is 0 Å². The van der Waals surface area contributed by atoms with Crippen LogP contribution in [0.25, 0.3) is 10.6 Å². The second-order valence-electron chi connectivity index (χ2n) is 3.45. The van der Waals surface area contributed by atoms with Crippen molar-refractivity contribution in [2.45, 2.75) is 12.8 Å². The van der Waals surface area contributed by atoms with Crippen LogP contribution in [-0.4, -0.2) is 23.6 Å². The van der Waals surface area contributed by atoms with Gasteiger partial charge in [-0.15, -0.1) is 11.3 Å². The first-order valence-corrected chi connectivity index (χ1v) is 6.00. The van der Waals surface area contributed by atoms with Gasteiger partial charge in [-0.1, -0.05) is 0 Å². The maximum absolute atomic E-state index is 4.60. The lowest BCUT2D eigenvalue weighted by atomic mass is 10.2. The van der Waals surface area contributed by atoms with Crippen molar-refractivity contribution in [2.24, 2.45) is 0 Å². The Morgan fingerprint density at radius 3 is 3.20 bits per heavy atom. The molecular formula is C11H15N3S. The Bertz CT molecular complexity index is 392. The number of H-pyrrole nitrogens is 1. The molecule has 0 bridgehead atoms. The van der Waals surface area contributed by atoms with Gasteiger partial charge in [0.15, 0.2) is 0 Å². The predicted octanol–water partition coefficient (Wildman–Crippen LogP) is 2.29. The molecule has 3 nitrogen and oxygen atoms in total. The first-order valence-electron chi connectivity index (χ1n) is 5.12. The Morgan fingerprint density at radius 2 is 2.47 bits per heavy atom. The van der Waals surface area contributed by atoms with Gasteiger partial charge in [-0.3, -0.25) is 0 Å². The first-order chi connectivity index (χ1) is 7.40. The Kier molecular flexibility index (Phi) is 3.53. The van der Waals surface area contributed by atoms with Gasteiger partial charge in [0, 0.05) is 23.3 Å².